The average molecular weight is 265 g/mol. The molecule has 0 aliphatic heterocycles. The lowest BCUT2D eigenvalue weighted by molar-refractivity contribution is 0.0603. The van der Waals surface area contributed by atoms with Crippen LogP contribution in [0.3, 0.4) is 0 Å². The van der Waals surface area contributed by atoms with Crippen molar-refractivity contribution in [2.75, 3.05) is 7.11 Å². The van der Waals surface area contributed by atoms with E-state index in [1.54, 1.807) is 30.7 Å². The van der Waals surface area contributed by atoms with Gasteiger partial charge in [0.2, 0.25) is 0 Å². The number of hydrogen-bond donors (Lipinski definition) is 0. The number of pyridine rings is 1. The summed E-state index contributed by atoms with van der Waals surface area (Å²) < 4.78 is 4.78. The fraction of sp³-hybridized carbons (Fsp3) is 0.0667. The molecular formula is C15H11N3O2. The van der Waals surface area contributed by atoms with E-state index in [1.807, 2.05) is 18.2 Å². The van der Waals surface area contributed by atoms with E-state index >= 15 is 0 Å². The van der Waals surface area contributed by atoms with E-state index in [4.69, 9.17) is 4.74 Å². The fourth-order valence-electron chi connectivity index (χ4n) is 1.96. The minimum atomic E-state index is -0.411. The molecule has 0 saturated carbocycles. The Morgan fingerprint density at radius 1 is 1.15 bits per heavy atom. The van der Waals surface area contributed by atoms with Crippen LogP contribution in [-0.4, -0.2) is 28.0 Å². The van der Waals surface area contributed by atoms with Crippen molar-refractivity contribution < 1.29 is 9.53 Å². The number of rotatable bonds is 2. The molecule has 0 spiro atoms. The molecule has 1 aromatic carbocycles. The van der Waals surface area contributed by atoms with Crippen molar-refractivity contribution in [2.45, 2.75) is 0 Å². The van der Waals surface area contributed by atoms with E-state index in [0.29, 0.717) is 16.9 Å². The van der Waals surface area contributed by atoms with Crippen LogP contribution in [0.4, 0.5) is 0 Å². The maximum Gasteiger partial charge on any atom is 0.340 e. The highest BCUT2D eigenvalue weighted by Crippen LogP contribution is 2.20. The molecule has 2 aromatic heterocycles. The summed E-state index contributed by atoms with van der Waals surface area (Å²) >= 11 is 0. The molecule has 5 heteroatoms. The van der Waals surface area contributed by atoms with E-state index in [9.17, 15) is 4.79 Å². The number of benzene rings is 1. The molecule has 3 rings (SSSR count). The lowest BCUT2D eigenvalue weighted by Crippen LogP contribution is -2.03. The number of hydrogen-bond acceptors (Lipinski definition) is 5. The molecule has 0 unspecified atom stereocenters. The number of aromatic nitrogens is 3. The number of fused-ring (bicyclic) bond motifs is 1. The van der Waals surface area contributed by atoms with Crippen molar-refractivity contribution in [1.82, 2.24) is 15.0 Å². The van der Waals surface area contributed by atoms with Gasteiger partial charge in [0.05, 0.1) is 18.2 Å². The Hall–Kier alpha value is -2.82. The van der Waals surface area contributed by atoms with Gasteiger partial charge in [-0.25, -0.2) is 14.8 Å². The van der Waals surface area contributed by atoms with Gasteiger partial charge >= 0.3 is 5.97 Å². The summed E-state index contributed by atoms with van der Waals surface area (Å²) in [6, 6.07) is 9.01. The Bertz CT molecular complexity index is 772. The SMILES string of the molecule is COC(=O)c1cccc2cnc(-c3cccnc3)nc12. The molecule has 0 radical (unpaired) electrons. The summed E-state index contributed by atoms with van der Waals surface area (Å²) in [6.45, 7) is 0. The molecule has 0 fully saturated rings. The predicted molar refractivity (Wildman–Crippen MR) is 74.1 cm³/mol. The third kappa shape index (κ3) is 2.09. The van der Waals surface area contributed by atoms with Gasteiger partial charge in [-0.05, 0) is 18.2 Å². The first-order valence-corrected chi connectivity index (χ1v) is 6.04. The molecule has 0 aliphatic carbocycles. The first-order valence-electron chi connectivity index (χ1n) is 6.04. The second-order valence-corrected chi connectivity index (χ2v) is 4.17. The van der Waals surface area contributed by atoms with Gasteiger partial charge in [-0.1, -0.05) is 12.1 Å². The van der Waals surface area contributed by atoms with Gasteiger partial charge in [0.1, 0.15) is 0 Å². The second-order valence-electron chi connectivity index (χ2n) is 4.17. The standard InChI is InChI=1S/C15H11N3O2/c1-20-15(19)12-6-2-4-10-9-17-14(18-13(10)12)11-5-3-7-16-8-11/h2-9H,1H3. The van der Waals surface area contributed by atoms with Crippen LogP contribution in [0.15, 0.2) is 48.9 Å². The molecule has 3 aromatic rings. The summed E-state index contributed by atoms with van der Waals surface area (Å²) in [7, 11) is 1.35. The van der Waals surface area contributed by atoms with Gasteiger partial charge in [0.15, 0.2) is 5.82 Å². The van der Waals surface area contributed by atoms with Gasteiger partial charge in [-0.3, -0.25) is 4.98 Å². The highest BCUT2D eigenvalue weighted by molar-refractivity contribution is 6.02. The van der Waals surface area contributed by atoms with Crippen LogP contribution < -0.4 is 0 Å². The lowest BCUT2D eigenvalue weighted by Gasteiger charge is -2.05. The van der Waals surface area contributed by atoms with Crippen molar-refractivity contribution in [3.63, 3.8) is 0 Å². The van der Waals surface area contributed by atoms with Crippen LogP contribution in [0.2, 0.25) is 0 Å². The molecule has 0 N–H and O–H groups in total. The van der Waals surface area contributed by atoms with Crippen molar-refractivity contribution >= 4 is 16.9 Å². The zero-order valence-electron chi connectivity index (χ0n) is 10.8. The van der Waals surface area contributed by atoms with Crippen LogP contribution in [0.1, 0.15) is 10.4 Å². The van der Waals surface area contributed by atoms with Crippen molar-refractivity contribution in [1.29, 1.82) is 0 Å². The highest BCUT2D eigenvalue weighted by Gasteiger charge is 2.12. The Labute approximate surface area is 115 Å². The van der Waals surface area contributed by atoms with Crippen molar-refractivity contribution in [3.05, 3.63) is 54.5 Å². The lowest BCUT2D eigenvalue weighted by atomic mass is 10.1. The smallest absolute Gasteiger partial charge is 0.340 e. The van der Waals surface area contributed by atoms with Crippen molar-refractivity contribution in [2.24, 2.45) is 0 Å². The number of para-hydroxylation sites is 1. The molecule has 5 nitrogen and oxygen atoms in total. The molecule has 20 heavy (non-hydrogen) atoms. The number of ether oxygens (including phenoxy) is 1. The molecule has 98 valence electrons. The minimum Gasteiger partial charge on any atom is -0.465 e. The fourth-order valence-corrected chi connectivity index (χ4v) is 1.96. The third-order valence-electron chi connectivity index (χ3n) is 2.94. The maximum atomic E-state index is 11.8. The van der Waals surface area contributed by atoms with Crippen molar-refractivity contribution in [3.8, 4) is 11.4 Å². The average Bonchev–Trinajstić information content (AvgIpc) is 2.54. The number of carbonyl (C=O) groups is 1. The van der Waals surface area contributed by atoms with Gasteiger partial charge < -0.3 is 4.74 Å². The normalized spacial score (nSPS) is 10.4. The van der Waals surface area contributed by atoms with E-state index in [0.717, 1.165) is 10.9 Å². The van der Waals surface area contributed by atoms with Gasteiger partial charge in [0.25, 0.3) is 0 Å². The van der Waals surface area contributed by atoms with Crippen LogP contribution in [0, 0.1) is 0 Å². The summed E-state index contributed by atoms with van der Waals surface area (Å²) in [6.07, 6.45) is 5.06. The van der Waals surface area contributed by atoms with E-state index in [1.165, 1.54) is 7.11 Å². The van der Waals surface area contributed by atoms with Crippen LogP contribution in [0.25, 0.3) is 22.3 Å². The number of esters is 1. The highest BCUT2D eigenvalue weighted by atomic mass is 16.5. The van der Waals surface area contributed by atoms with Crippen LogP contribution in [0.5, 0.6) is 0 Å². The number of methoxy groups -OCH3 is 1. The molecular weight excluding hydrogens is 254 g/mol. The number of nitrogens with zero attached hydrogens (tertiary/aromatic N) is 3. The second kappa shape index (κ2) is 5.05. The minimum absolute atomic E-state index is 0.411. The monoisotopic (exact) mass is 265 g/mol. The summed E-state index contributed by atoms with van der Waals surface area (Å²) in [5.74, 6) is 0.119. The third-order valence-corrected chi connectivity index (χ3v) is 2.94. The largest absolute Gasteiger partial charge is 0.465 e. The van der Waals surface area contributed by atoms with Crippen LogP contribution in [-0.2, 0) is 4.74 Å². The first kappa shape index (κ1) is 12.2. The molecule has 0 amide bonds. The maximum absolute atomic E-state index is 11.8. The van der Waals surface area contributed by atoms with E-state index in [-0.39, 0.29) is 0 Å². The van der Waals surface area contributed by atoms with E-state index < -0.39 is 5.97 Å². The quantitative estimate of drug-likeness (QED) is 0.666. The number of carbonyl (C=O) groups excluding carboxylic acids is 1. The summed E-state index contributed by atoms with van der Waals surface area (Å²) in [5.41, 5.74) is 1.81. The molecule has 2 heterocycles. The Morgan fingerprint density at radius 3 is 2.80 bits per heavy atom. The molecule has 0 saturated heterocycles. The molecule has 0 bridgehead atoms. The Balaban J connectivity index is 2.22. The van der Waals surface area contributed by atoms with E-state index in [2.05, 4.69) is 15.0 Å². The summed E-state index contributed by atoms with van der Waals surface area (Å²) in [4.78, 5) is 24.6. The van der Waals surface area contributed by atoms with Gasteiger partial charge in [-0.15, -0.1) is 0 Å². The first-order chi connectivity index (χ1) is 9.79. The molecule has 0 atom stereocenters. The zero-order valence-corrected chi connectivity index (χ0v) is 10.8. The molecule has 0 aliphatic rings. The zero-order chi connectivity index (χ0) is 13.9. The van der Waals surface area contributed by atoms with Gasteiger partial charge in [0, 0.05) is 29.5 Å². The van der Waals surface area contributed by atoms with Gasteiger partial charge in [-0.2, -0.15) is 0 Å². The topological polar surface area (TPSA) is 65.0 Å². The Morgan fingerprint density at radius 2 is 2.05 bits per heavy atom. The summed E-state index contributed by atoms with van der Waals surface area (Å²) in [5, 5.41) is 0.792. The predicted octanol–water partition coefficient (Wildman–Crippen LogP) is 2.48. The van der Waals surface area contributed by atoms with Crippen LogP contribution >= 0.6 is 0 Å². The Kier molecular flexibility index (Phi) is 3.09.